The van der Waals surface area contributed by atoms with E-state index in [9.17, 15) is 10.1 Å². The second-order valence-electron chi connectivity index (χ2n) is 6.93. The van der Waals surface area contributed by atoms with Gasteiger partial charge >= 0.3 is 0 Å². The fraction of sp³-hybridized carbons (Fsp3) is 0.476. The van der Waals surface area contributed by atoms with E-state index in [1.165, 1.54) is 5.56 Å². The molecule has 1 aliphatic carbocycles. The smallest absolute Gasteiger partial charge is 0.161 e. The van der Waals surface area contributed by atoms with Gasteiger partial charge in [0.1, 0.15) is 5.92 Å². The maximum atomic E-state index is 12.7. The summed E-state index contributed by atoms with van der Waals surface area (Å²) in [6, 6.07) is 10.9. The van der Waals surface area contributed by atoms with E-state index in [1.54, 1.807) is 11.8 Å². The molecular formula is C21H24N2OS. The van der Waals surface area contributed by atoms with Crippen LogP contribution in [0, 0.1) is 17.2 Å². The van der Waals surface area contributed by atoms with Crippen LogP contribution in [0.1, 0.15) is 63.0 Å². The molecule has 0 radical (unpaired) electrons. The molecule has 4 heteroatoms. The summed E-state index contributed by atoms with van der Waals surface area (Å²) < 4.78 is 0. The van der Waals surface area contributed by atoms with Crippen molar-refractivity contribution in [1.82, 2.24) is 0 Å². The molecule has 3 nitrogen and oxygen atoms in total. The second-order valence-corrected chi connectivity index (χ2v) is 8.21. The first kappa shape index (κ1) is 17.9. The summed E-state index contributed by atoms with van der Waals surface area (Å²) in [6.07, 6.45) is 2.28. The van der Waals surface area contributed by atoms with E-state index >= 15 is 0 Å². The Bertz CT molecular complexity index is 768. The van der Waals surface area contributed by atoms with Crippen molar-refractivity contribution in [1.29, 1.82) is 5.26 Å². The van der Waals surface area contributed by atoms with Crippen LogP contribution in [0.25, 0.3) is 0 Å². The molecule has 0 fully saturated rings. The highest BCUT2D eigenvalue weighted by molar-refractivity contribution is 8.14. The summed E-state index contributed by atoms with van der Waals surface area (Å²) in [7, 11) is 0. The number of rotatable bonds is 3. The topological polar surface area (TPSA) is 53.2 Å². The summed E-state index contributed by atoms with van der Waals surface area (Å²) in [5, 5.41) is 10.7. The van der Waals surface area contributed by atoms with E-state index in [2.05, 4.69) is 51.1 Å². The quantitative estimate of drug-likeness (QED) is 0.751. The number of ketones is 1. The summed E-state index contributed by atoms with van der Waals surface area (Å²) in [5.74, 6) is 0.970. The van der Waals surface area contributed by atoms with Crippen LogP contribution < -0.4 is 0 Å². The molecule has 1 aliphatic heterocycles. The van der Waals surface area contributed by atoms with Crippen molar-refractivity contribution in [2.24, 2.45) is 10.9 Å². The SMILES string of the molecule is CCSC1=NC2=C(C(=O)CCC2)[C@H](c2ccc(C(C)C)cc2)C1C#N. The van der Waals surface area contributed by atoms with E-state index in [4.69, 9.17) is 4.99 Å². The number of nitriles is 1. The van der Waals surface area contributed by atoms with Gasteiger partial charge in [0.25, 0.3) is 0 Å². The second kappa shape index (κ2) is 7.58. The standard InChI is InChI=1S/C21H24N2OS/c1-4-25-21-16(12-22)19(15-10-8-14(9-11-15)13(2)3)20-17(23-21)6-5-7-18(20)24/h8-11,13,16,19H,4-7H2,1-3H3/t16?,19-/m1/s1. The third-order valence-corrected chi connectivity index (χ3v) is 5.91. The predicted molar refractivity (Wildman–Crippen MR) is 104 cm³/mol. The molecule has 0 bridgehead atoms. The van der Waals surface area contributed by atoms with Gasteiger partial charge in [-0.3, -0.25) is 4.79 Å². The minimum Gasteiger partial charge on any atom is -0.294 e. The van der Waals surface area contributed by atoms with Crippen molar-refractivity contribution < 1.29 is 4.79 Å². The molecule has 130 valence electrons. The summed E-state index contributed by atoms with van der Waals surface area (Å²) in [6.45, 7) is 6.41. The lowest BCUT2D eigenvalue weighted by Crippen LogP contribution is -2.30. The molecule has 1 aromatic carbocycles. The zero-order valence-electron chi connectivity index (χ0n) is 15.1. The first-order valence-electron chi connectivity index (χ1n) is 9.03. The lowest BCUT2D eigenvalue weighted by Gasteiger charge is -2.33. The number of aliphatic imine (C=N–C) groups is 1. The highest BCUT2D eigenvalue weighted by atomic mass is 32.2. The van der Waals surface area contributed by atoms with Gasteiger partial charge in [-0.1, -0.05) is 45.0 Å². The monoisotopic (exact) mass is 352 g/mol. The number of benzene rings is 1. The van der Waals surface area contributed by atoms with Crippen LogP contribution in [0.4, 0.5) is 0 Å². The highest BCUT2D eigenvalue weighted by Gasteiger charge is 2.40. The summed E-state index contributed by atoms with van der Waals surface area (Å²) in [5.41, 5.74) is 4.03. The zero-order chi connectivity index (χ0) is 18.0. The maximum absolute atomic E-state index is 12.7. The number of carbonyl (C=O) groups is 1. The molecule has 0 saturated carbocycles. The van der Waals surface area contributed by atoms with Crippen LogP contribution in [0.2, 0.25) is 0 Å². The number of Topliss-reactive ketones (excluding diaryl/α,β-unsaturated/α-hetero) is 1. The molecular weight excluding hydrogens is 328 g/mol. The highest BCUT2D eigenvalue weighted by Crippen LogP contribution is 2.44. The van der Waals surface area contributed by atoms with Crippen molar-refractivity contribution >= 4 is 22.6 Å². The number of nitrogens with zero attached hydrogens (tertiary/aromatic N) is 2. The normalized spacial score (nSPS) is 23.3. The van der Waals surface area contributed by atoms with Crippen LogP contribution in [0.15, 0.2) is 40.5 Å². The lowest BCUT2D eigenvalue weighted by molar-refractivity contribution is -0.116. The van der Waals surface area contributed by atoms with Gasteiger partial charge in [0, 0.05) is 23.6 Å². The number of hydrogen-bond acceptors (Lipinski definition) is 4. The Morgan fingerprint density at radius 1 is 1.28 bits per heavy atom. The van der Waals surface area contributed by atoms with E-state index < -0.39 is 0 Å². The molecule has 2 atom stereocenters. The number of carbonyl (C=O) groups excluding carboxylic acids is 1. The average Bonchev–Trinajstić information content (AvgIpc) is 2.61. The minimum absolute atomic E-state index is 0.170. The summed E-state index contributed by atoms with van der Waals surface area (Å²) in [4.78, 5) is 17.4. The van der Waals surface area contributed by atoms with Gasteiger partial charge in [0.2, 0.25) is 0 Å². The number of thioether (sulfide) groups is 1. The lowest BCUT2D eigenvalue weighted by atomic mass is 9.74. The van der Waals surface area contributed by atoms with Gasteiger partial charge in [-0.15, -0.1) is 11.8 Å². The van der Waals surface area contributed by atoms with Crippen LogP contribution in [0.3, 0.4) is 0 Å². The van der Waals surface area contributed by atoms with Crippen LogP contribution in [-0.4, -0.2) is 16.6 Å². The van der Waals surface area contributed by atoms with Crippen molar-refractivity contribution in [3.8, 4) is 6.07 Å². The van der Waals surface area contributed by atoms with Gasteiger partial charge in [-0.2, -0.15) is 5.26 Å². The predicted octanol–water partition coefficient (Wildman–Crippen LogP) is 5.21. The molecule has 3 rings (SSSR count). The van der Waals surface area contributed by atoms with Gasteiger partial charge in [0.05, 0.1) is 11.1 Å². The largest absolute Gasteiger partial charge is 0.294 e. The number of allylic oxidation sites excluding steroid dienone is 2. The van der Waals surface area contributed by atoms with Crippen molar-refractivity contribution in [3.63, 3.8) is 0 Å². The van der Waals surface area contributed by atoms with Gasteiger partial charge in [-0.05, 0) is 35.6 Å². The van der Waals surface area contributed by atoms with Gasteiger partial charge in [-0.25, -0.2) is 4.99 Å². The molecule has 0 N–H and O–H groups in total. The first-order valence-corrected chi connectivity index (χ1v) is 10.0. The van der Waals surface area contributed by atoms with E-state index in [1.807, 2.05) is 0 Å². The Morgan fingerprint density at radius 2 is 2.00 bits per heavy atom. The molecule has 0 spiro atoms. The third-order valence-electron chi connectivity index (χ3n) is 4.98. The Balaban J connectivity index is 2.10. The maximum Gasteiger partial charge on any atom is 0.161 e. The molecule has 2 aliphatic rings. The molecule has 1 unspecified atom stereocenters. The van der Waals surface area contributed by atoms with Crippen LogP contribution in [0.5, 0.6) is 0 Å². The molecule has 0 amide bonds. The molecule has 25 heavy (non-hydrogen) atoms. The van der Waals surface area contributed by atoms with Crippen molar-refractivity contribution in [2.45, 2.75) is 51.9 Å². The zero-order valence-corrected chi connectivity index (χ0v) is 15.9. The van der Waals surface area contributed by atoms with E-state index in [0.717, 1.165) is 40.5 Å². The van der Waals surface area contributed by atoms with E-state index in [0.29, 0.717) is 12.3 Å². The third kappa shape index (κ3) is 3.43. The Kier molecular flexibility index (Phi) is 5.44. The fourth-order valence-electron chi connectivity index (χ4n) is 3.67. The minimum atomic E-state index is -0.365. The first-order chi connectivity index (χ1) is 12.1. The Hall–Kier alpha value is -1.86. The number of hydrogen-bond donors (Lipinski definition) is 0. The molecule has 1 aromatic rings. The Labute approximate surface area is 154 Å². The Morgan fingerprint density at radius 3 is 2.60 bits per heavy atom. The average molecular weight is 353 g/mol. The summed E-state index contributed by atoms with van der Waals surface area (Å²) >= 11 is 1.63. The van der Waals surface area contributed by atoms with Crippen LogP contribution in [-0.2, 0) is 4.79 Å². The fourth-order valence-corrected chi connectivity index (χ4v) is 4.51. The molecule has 1 heterocycles. The van der Waals surface area contributed by atoms with Gasteiger partial charge in [0.15, 0.2) is 5.78 Å². The van der Waals surface area contributed by atoms with Crippen molar-refractivity contribution in [3.05, 3.63) is 46.7 Å². The molecule has 0 aromatic heterocycles. The van der Waals surface area contributed by atoms with Crippen molar-refractivity contribution in [2.75, 3.05) is 5.75 Å². The van der Waals surface area contributed by atoms with E-state index in [-0.39, 0.29) is 17.6 Å². The van der Waals surface area contributed by atoms with Gasteiger partial charge < -0.3 is 0 Å². The molecule has 0 saturated heterocycles. The van der Waals surface area contributed by atoms with Crippen LogP contribution >= 0.6 is 11.8 Å².